The Morgan fingerprint density at radius 1 is 1.36 bits per heavy atom. The molecule has 132 valence electrons. The third-order valence-corrected chi connectivity index (χ3v) is 4.49. The molecule has 0 spiro atoms. The normalized spacial score (nSPS) is 15.2. The molecule has 0 aliphatic carbocycles. The molecule has 6 nitrogen and oxygen atoms in total. The summed E-state index contributed by atoms with van der Waals surface area (Å²) in [7, 11) is 0. The Hall–Kier alpha value is -2.63. The molecule has 0 saturated carbocycles. The number of carbonyl (C=O) groups excluding carboxylic acids is 1. The molecule has 0 bridgehead atoms. The van der Waals surface area contributed by atoms with Crippen molar-refractivity contribution in [2.45, 2.75) is 26.3 Å². The Morgan fingerprint density at radius 3 is 2.76 bits per heavy atom. The number of nitrogens with one attached hydrogen (secondary N) is 1. The average Bonchev–Trinajstić information content (AvgIpc) is 3.13. The molecule has 1 saturated heterocycles. The topological polar surface area (TPSA) is 63.1 Å². The Bertz CT molecular complexity index is 700. The molecular weight excluding hydrogens is 314 g/mol. The highest BCUT2D eigenvalue weighted by Gasteiger charge is 2.24. The van der Waals surface area contributed by atoms with Crippen LogP contribution in [0.25, 0.3) is 0 Å². The third kappa shape index (κ3) is 4.68. The van der Waals surface area contributed by atoms with E-state index < -0.39 is 0 Å². The van der Waals surface area contributed by atoms with Gasteiger partial charge in [-0.05, 0) is 43.9 Å². The van der Waals surface area contributed by atoms with Gasteiger partial charge < -0.3 is 10.2 Å². The van der Waals surface area contributed by atoms with E-state index in [4.69, 9.17) is 0 Å². The lowest BCUT2D eigenvalue weighted by atomic mass is 9.96. The summed E-state index contributed by atoms with van der Waals surface area (Å²) in [6, 6.07) is 5.63. The summed E-state index contributed by atoms with van der Waals surface area (Å²) in [5, 5.41) is 7.44. The first-order valence-electron chi connectivity index (χ1n) is 8.73. The van der Waals surface area contributed by atoms with Crippen LogP contribution in [0.4, 0.5) is 5.82 Å². The fraction of sp³-hybridized carbons (Fsp3) is 0.421. The summed E-state index contributed by atoms with van der Waals surface area (Å²) in [6.45, 7) is 9.01. The van der Waals surface area contributed by atoms with Gasteiger partial charge in [-0.3, -0.25) is 9.48 Å². The third-order valence-electron chi connectivity index (χ3n) is 4.49. The number of pyridine rings is 1. The molecular formula is C19H25N5O. The van der Waals surface area contributed by atoms with Crippen molar-refractivity contribution in [3.05, 3.63) is 54.5 Å². The van der Waals surface area contributed by atoms with Gasteiger partial charge in [0, 0.05) is 44.8 Å². The van der Waals surface area contributed by atoms with E-state index in [1.807, 2.05) is 40.9 Å². The number of piperidine rings is 1. The van der Waals surface area contributed by atoms with Gasteiger partial charge >= 0.3 is 0 Å². The summed E-state index contributed by atoms with van der Waals surface area (Å²) >= 11 is 0. The molecule has 2 aromatic rings. The number of likely N-dealkylation sites (tertiary alicyclic amines) is 1. The van der Waals surface area contributed by atoms with E-state index in [1.54, 1.807) is 12.4 Å². The molecule has 0 radical (unpaired) electrons. The number of amides is 1. The summed E-state index contributed by atoms with van der Waals surface area (Å²) < 4.78 is 1.97. The second kappa shape index (κ2) is 7.96. The lowest BCUT2D eigenvalue weighted by molar-refractivity contribution is 0.0681. The molecule has 3 rings (SSSR count). The van der Waals surface area contributed by atoms with Crippen molar-refractivity contribution in [3.63, 3.8) is 0 Å². The van der Waals surface area contributed by atoms with E-state index in [2.05, 4.69) is 22.0 Å². The van der Waals surface area contributed by atoms with Crippen molar-refractivity contribution in [2.75, 3.05) is 25.0 Å². The van der Waals surface area contributed by atoms with Gasteiger partial charge in [0.25, 0.3) is 5.91 Å². The molecule has 0 atom stereocenters. The maximum Gasteiger partial charge on any atom is 0.255 e. The zero-order valence-electron chi connectivity index (χ0n) is 14.7. The first-order chi connectivity index (χ1) is 12.1. The van der Waals surface area contributed by atoms with E-state index in [0.717, 1.165) is 43.9 Å². The Kier molecular flexibility index (Phi) is 5.48. The molecule has 1 fully saturated rings. The van der Waals surface area contributed by atoms with Crippen molar-refractivity contribution in [1.29, 1.82) is 0 Å². The van der Waals surface area contributed by atoms with E-state index in [-0.39, 0.29) is 5.91 Å². The van der Waals surface area contributed by atoms with Crippen molar-refractivity contribution in [2.24, 2.45) is 5.92 Å². The van der Waals surface area contributed by atoms with Crippen LogP contribution >= 0.6 is 0 Å². The SMILES string of the molecule is C=C(C)CNc1ccc(C(=O)N2CCC(Cn3cccn3)CC2)cn1. The van der Waals surface area contributed by atoms with Crippen LogP contribution in [0.2, 0.25) is 0 Å². The zero-order chi connectivity index (χ0) is 17.6. The molecule has 2 aromatic heterocycles. The van der Waals surface area contributed by atoms with Gasteiger partial charge in [-0.1, -0.05) is 12.2 Å². The largest absolute Gasteiger partial charge is 0.366 e. The number of nitrogens with zero attached hydrogens (tertiary/aromatic N) is 4. The minimum absolute atomic E-state index is 0.0662. The minimum Gasteiger partial charge on any atom is -0.366 e. The molecule has 6 heteroatoms. The maximum atomic E-state index is 12.6. The van der Waals surface area contributed by atoms with Crippen LogP contribution in [0.1, 0.15) is 30.1 Å². The van der Waals surface area contributed by atoms with E-state index >= 15 is 0 Å². The molecule has 25 heavy (non-hydrogen) atoms. The summed E-state index contributed by atoms with van der Waals surface area (Å²) in [6.07, 6.45) is 7.47. The molecule has 0 unspecified atom stereocenters. The number of carbonyl (C=O) groups is 1. The fourth-order valence-corrected chi connectivity index (χ4v) is 3.04. The van der Waals surface area contributed by atoms with Gasteiger partial charge in [-0.25, -0.2) is 4.98 Å². The lowest BCUT2D eigenvalue weighted by Gasteiger charge is -2.32. The number of hydrogen-bond donors (Lipinski definition) is 1. The zero-order valence-corrected chi connectivity index (χ0v) is 14.7. The van der Waals surface area contributed by atoms with Gasteiger partial charge in [0.15, 0.2) is 0 Å². The molecule has 3 heterocycles. The van der Waals surface area contributed by atoms with Crippen molar-refractivity contribution in [1.82, 2.24) is 19.7 Å². The second-order valence-electron chi connectivity index (χ2n) is 6.71. The highest BCUT2D eigenvalue weighted by atomic mass is 16.2. The van der Waals surface area contributed by atoms with Crippen molar-refractivity contribution < 1.29 is 4.79 Å². The van der Waals surface area contributed by atoms with Gasteiger partial charge in [0.05, 0.1) is 5.56 Å². The summed E-state index contributed by atoms with van der Waals surface area (Å²) in [4.78, 5) is 18.9. The van der Waals surface area contributed by atoms with Crippen LogP contribution in [0.5, 0.6) is 0 Å². The van der Waals surface area contributed by atoms with Crippen LogP contribution in [0, 0.1) is 5.92 Å². The predicted molar refractivity (Wildman–Crippen MR) is 98.4 cm³/mol. The lowest BCUT2D eigenvalue weighted by Crippen LogP contribution is -2.39. The Morgan fingerprint density at radius 2 is 2.16 bits per heavy atom. The smallest absolute Gasteiger partial charge is 0.255 e. The van der Waals surface area contributed by atoms with E-state index in [1.165, 1.54) is 0 Å². The first-order valence-corrected chi connectivity index (χ1v) is 8.73. The second-order valence-corrected chi connectivity index (χ2v) is 6.71. The number of anilines is 1. The number of rotatable bonds is 6. The molecule has 1 N–H and O–H groups in total. The Balaban J connectivity index is 1.51. The van der Waals surface area contributed by atoms with Gasteiger partial charge in [-0.2, -0.15) is 5.10 Å². The average molecular weight is 339 g/mol. The minimum atomic E-state index is 0.0662. The number of aromatic nitrogens is 3. The van der Waals surface area contributed by atoms with Gasteiger partial charge in [-0.15, -0.1) is 0 Å². The standard InChI is InChI=1S/C19H25N5O/c1-15(2)12-20-18-5-4-17(13-21-18)19(25)23-10-6-16(7-11-23)14-24-9-3-8-22-24/h3-5,8-9,13,16H,1,6-7,10-12,14H2,2H3,(H,20,21). The van der Waals surface area contributed by atoms with Crippen molar-refractivity contribution in [3.8, 4) is 0 Å². The molecule has 1 aliphatic heterocycles. The van der Waals surface area contributed by atoms with Crippen LogP contribution < -0.4 is 5.32 Å². The van der Waals surface area contributed by atoms with Gasteiger partial charge in [0.2, 0.25) is 0 Å². The van der Waals surface area contributed by atoms with Crippen LogP contribution in [0.15, 0.2) is 48.9 Å². The maximum absolute atomic E-state index is 12.6. The fourth-order valence-electron chi connectivity index (χ4n) is 3.04. The van der Waals surface area contributed by atoms with Gasteiger partial charge in [0.1, 0.15) is 5.82 Å². The van der Waals surface area contributed by atoms with Crippen molar-refractivity contribution >= 4 is 11.7 Å². The summed E-state index contributed by atoms with van der Waals surface area (Å²) in [5.41, 5.74) is 1.69. The van der Waals surface area contributed by atoms with E-state index in [9.17, 15) is 4.79 Å². The van der Waals surface area contributed by atoms with Crippen LogP contribution in [0.3, 0.4) is 0 Å². The summed E-state index contributed by atoms with van der Waals surface area (Å²) in [5.74, 6) is 1.41. The highest BCUT2D eigenvalue weighted by Crippen LogP contribution is 2.20. The molecule has 0 aromatic carbocycles. The predicted octanol–water partition coefficient (Wildman–Crippen LogP) is 2.82. The number of hydrogen-bond acceptors (Lipinski definition) is 4. The van der Waals surface area contributed by atoms with E-state index in [0.29, 0.717) is 18.0 Å². The first kappa shape index (κ1) is 17.2. The van der Waals surface area contributed by atoms with Crippen LogP contribution in [-0.4, -0.2) is 45.2 Å². The molecule has 1 amide bonds. The van der Waals surface area contributed by atoms with Crippen LogP contribution in [-0.2, 0) is 6.54 Å². The monoisotopic (exact) mass is 339 g/mol. The Labute approximate surface area is 148 Å². The quantitative estimate of drug-likeness (QED) is 0.822. The molecule has 1 aliphatic rings. The highest BCUT2D eigenvalue weighted by molar-refractivity contribution is 5.94.